The minimum Gasteiger partial charge on any atom is -0.494 e. The average molecular weight is 572 g/mol. The largest absolute Gasteiger partial charge is 0.494 e. The molecule has 0 spiro atoms. The van der Waals surface area contributed by atoms with E-state index >= 15 is 0 Å². The fourth-order valence-corrected chi connectivity index (χ4v) is 5.20. The number of nitrogens with one attached hydrogen (secondary N) is 1. The predicted molar refractivity (Wildman–Crippen MR) is 161 cm³/mol. The van der Waals surface area contributed by atoms with Crippen molar-refractivity contribution in [2.75, 3.05) is 44.5 Å². The Labute approximate surface area is 245 Å². The number of carbonyl (C=O) groups excluding carboxylic acids is 1. The van der Waals surface area contributed by atoms with Crippen LogP contribution in [0.4, 0.5) is 23.0 Å². The number of Topliss-reactive ketones (excluding diaryl/α,β-unsaturated/α-hetero) is 1. The van der Waals surface area contributed by atoms with Crippen molar-refractivity contribution >= 4 is 28.8 Å². The van der Waals surface area contributed by atoms with Crippen LogP contribution in [0.25, 0.3) is 11.4 Å². The minimum absolute atomic E-state index is 0.0261. The third-order valence-electron chi connectivity index (χ3n) is 7.45. The Balaban J connectivity index is 1.41. The van der Waals surface area contributed by atoms with Gasteiger partial charge in [0, 0.05) is 51.8 Å². The fourth-order valence-electron chi connectivity index (χ4n) is 5.20. The summed E-state index contributed by atoms with van der Waals surface area (Å²) in [7, 11) is 7.43. The second-order valence-electron chi connectivity index (χ2n) is 10.6. The van der Waals surface area contributed by atoms with Gasteiger partial charge in [-0.1, -0.05) is 19.9 Å². The monoisotopic (exact) mass is 571 g/mol. The number of carbonyl (C=O) groups is 1. The SMILES string of the molecule is CCC(=O)c1cnc(Nc2cnc(O[C@@H]3CCN(C)C[C@@H]3C)cn2)cc1N(C)c1cccc(-c2ncn(C)n2)c1OC. The number of rotatable bonds is 10. The highest BCUT2D eigenvalue weighted by Gasteiger charge is 2.26. The summed E-state index contributed by atoms with van der Waals surface area (Å²) in [5.41, 5.74) is 2.64. The standard InChI is InChI=1S/C30H37N9O3/c1-7-24(40)21-14-31-26(35-27-15-33-28(16-32-27)42-25-11-12-37(3)17-19(25)2)13-23(21)39(5)22-10-8-9-20(29(22)41-6)30-34-18-38(4)36-30/h8-10,13-16,18-19,25H,7,11-12,17H2,1-6H3,(H,31,32,35)/t19-,25+/m0/s1. The Morgan fingerprint density at radius 3 is 2.57 bits per heavy atom. The number of nitrogens with zero attached hydrogens (tertiary/aromatic N) is 8. The van der Waals surface area contributed by atoms with E-state index in [1.807, 2.05) is 50.2 Å². The summed E-state index contributed by atoms with van der Waals surface area (Å²) in [5.74, 6) is 3.03. The number of piperidine rings is 1. The molecular formula is C30H37N9O3. The van der Waals surface area contributed by atoms with Crippen LogP contribution in [0.15, 0.2) is 49.2 Å². The number of anilines is 4. The molecule has 42 heavy (non-hydrogen) atoms. The van der Waals surface area contributed by atoms with Crippen molar-refractivity contribution in [1.29, 1.82) is 0 Å². The van der Waals surface area contributed by atoms with Crippen LogP contribution in [-0.4, -0.2) is 80.8 Å². The Hall–Kier alpha value is -4.58. The highest BCUT2D eigenvalue weighted by molar-refractivity contribution is 6.02. The second-order valence-corrected chi connectivity index (χ2v) is 10.6. The Morgan fingerprint density at radius 1 is 1.10 bits per heavy atom. The first kappa shape index (κ1) is 28.9. The van der Waals surface area contributed by atoms with Crippen molar-refractivity contribution in [3.8, 4) is 23.0 Å². The van der Waals surface area contributed by atoms with Crippen LogP contribution in [-0.2, 0) is 7.05 Å². The normalized spacial score (nSPS) is 17.1. The molecule has 4 heterocycles. The van der Waals surface area contributed by atoms with E-state index in [1.165, 1.54) is 0 Å². The third kappa shape index (κ3) is 6.18. The number of pyridine rings is 1. The first-order valence-corrected chi connectivity index (χ1v) is 14.0. The van der Waals surface area contributed by atoms with Gasteiger partial charge in [0.1, 0.15) is 24.1 Å². The quantitative estimate of drug-likeness (QED) is 0.271. The summed E-state index contributed by atoms with van der Waals surface area (Å²) in [6, 6.07) is 7.56. The average Bonchev–Trinajstić information content (AvgIpc) is 3.44. The van der Waals surface area contributed by atoms with Gasteiger partial charge >= 0.3 is 0 Å². The third-order valence-corrected chi connectivity index (χ3v) is 7.45. The van der Waals surface area contributed by atoms with Gasteiger partial charge in [0.25, 0.3) is 0 Å². The predicted octanol–water partition coefficient (Wildman–Crippen LogP) is 4.50. The lowest BCUT2D eigenvalue weighted by atomic mass is 9.97. The Kier molecular flexibility index (Phi) is 8.62. The summed E-state index contributed by atoms with van der Waals surface area (Å²) in [6.45, 7) is 6.01. The zero-order chi connectivity index (χ0) is 29.8. The summed E-state index contributed by atoms with van der Waals surface area (Å²) in [5, 5.41) is 7.65. The molecule has 220 valence electrons. The minimum atomic E-state index is -0.0261. The molecule has 0 saturated carbocycles. The van der Waals surface area contributed by atoms with E-state index in [-0.39, 0.29) is 11.9 Å². The number of ketones is 1. The number of aryl methyl sites for hydroxylation is 1. The maximum Gasteiger partial charge on any atom is 0.232 e. The van der Waals surface area contributed by atoms with Gasteiger partial charge < -0.3 is 24.6 Å². The molecule has 1 saturated heterocycles. The van der Waals surface area contributed by atoms with E-state index in [0.717, 1.165) is 30.8 Å². The number of aromatic nitrogens is 6. The molecule has 12 heteroatoms. The molecule has 1 aliphatic heterocycles. The molecule has 0 radical (unpaired) electrons. The molecule has 1 fully saturated rings. The van der Waals surface area contributed by atoms with Gasteiger partial charge in [-0.3, -0.25) is 9.48 Å². The maximum absolute atomic E-state index is 12.9. The van der Waals surface area contributed by atoms with Crippen LogP contribution >= 0.6 is 0 Å². The van der Waals surface area contributed by atoms with Crippen molar-refractivity contribution in [3.63, 3.8) is 0 Å². The number of benzene rings is 1. The maximum atomic E-state index is 12.9. The van der Waals surface area contributed by atoms with Gasteiger partial charge in [0.05, 0.1) is 42.0 Å². The van der Waals surface area contributed by atoms with E-state index in [1.54, 1.807) is 36.7 Å². The second kappa shape index (κ2) is 12.5. The van der Waals surface area contributed by atoms with Gasteiger partial charge in [-0.2, -0.15) is 5.10 Å². The molecule has 0 amide bonds. The molecule has 1 N–H and O–H groups in total. The first-order valence-electron chi connectivity index (χ1n) is 14.0. The number of para-hydroxylation sites is 1. The lowest BCUT2D eigenvalue weighted by Crippen LogP contribution is -2.42. The highest BCUT2D eigenvalue weighted by Crippen LogP contribution is 2.41. The van der Waals surface area contributed by atoms with Crippen LogP contribution in [0.3, 0.4) is 0 Å². The summed E-state index contributed by atoms with van der Waals surface area (Å²) in [6.07, 6.45) is 7.88. The van der Waals surface area contributed by atoms with Gasteiger partial charge in [0.2, 0.25) is 5.88 Å². The Bertz CT molecular complexity index is 1540. The Morgan fingerprint density at radius 2 is 1.90 bits per heavy atom. The molecule has 0 bridgehead atoms. The molecule has 3 aromatic heterocycles. The molecule has 0 aliphatic carbocycles. The van der Waals surface area contributed by atoms with Gasteiger partial charge in [-0.15, -0.1) is 0 Å². The van der Waals surface area contributed by atoms with Crippen LogP contribution in [0, 0.1) is 5.92 Å². The van der Waals surface area contributed by atoms with Crippen molar-refractivity contribution in [1.82, 2.24) is 34.6 Å². The van der Waals surface area contributed by atoms with Crippen LogP contribution in [0.1, 0.15) is 37.0 Å². The molecule has 2 atom stereocenters. The molecule has 1 aliphatic rings. The summed E-state index contributed by atoms with van der Waals surface area (Å²) in [4.78, 5) is 35.0. The van der Waals surface area contributed by atoms with E-state index in [2.05, 4.69) is 49.2 Å². The molecule has 12 nitrogen and oxygen atoms in total. The molecule has 0 unspecified atom stereocenters. The zero-order valence-electron chi connectivity index (χ0n) is 24.9. The number of likely N-dealkylation sites (tertiary alicyclic amines) is 1. The highest BCUT2D eigenvalue weighted by atomic mass is 16.5. The van der Waals surface area contributed by atoms with E-state index in [4.69, 9.17) is 9.47 Å². The van der Waals surface area contributed by atoms with Gasteiger partial charge in [-0.05, 0) is 25.6 Å². The van der Waals surface area contributed by atoms with Crippen molar-refractivity contribution < 1.29 is 14.3 Å². The van der Waals surface area contributed by atoms with Crippen molar-refractivity contribution in [2.24, 2.45) is 13.0 Å². The lowest BCUT2D eigenvalue weighted by Gasteiger charge is -2.34. The molecular weight excluding hydrogens is 534 g/mol. The van der Waals surface area contributed by atoms with Gasteiger partial charge in [-0.25, -0.2) is 19.9 Å². The molecule has 1 aromatic carbocycles. The molecule has 5 rings (SSSR count). The van der Waals surface area contributed by atoms with Crippen molar-refractivity contribution in [2.45, 2.75) is 32.8 Å². The fraction of sp³-hybridized carbons (Fsp3) is 0.400. The summed E-state index contributed by atoms with van der Waals surface area (Å²) < 4.78 is 13.6. The van der Waals surface area contributed by atoms with E-state index in [0.29, 0.717) is 52.7 Å². The van der Waals surface area contributed by atoms with Crippen LogP contribution < -0.4 is 19.7 Å². The first-order chi connectivity index (χ1) is 20.3. The number of ether oxygens (including phenoxy) is 2. The smallest absolute Gasteiger partial charge is 0.232 e. The van der Waals surface area contributed by atoms with Crippen LogP contribution in [0.2, 0.25) is 0 Å². The van der Waals surface area contributed by atoms with E-state index in [9.17, 15) is 4.79 Å². The number of methoxy groups -OCH3 is 1. The van der Waals surface area contributed by atoms with Gasteiger partial charge in [0.15, 0.2) is 17.4 Å². The molecule has 4 aromatic rings. The van der Waals surface area contributed by atoms with Crippen LogP contribution in [0.5, 0.6) is 11.6 Å². The van der Waals surface area contributed by atoms with Crippen molar-refractivity contribution in [3.05, 3.63) is 54.7 Å². The lowest BCUT2D eigenvalue weighted by molar-refractivity contribution is 0.0602. The van der Waals surface area contributed by atoms with E-state index < -0.39 is 0 Å². The summed E-state index contributed by atoms with van der Waals surface area (Å²) >= 11 is 0. The zero-order valence-corrected chi connectivity index (χ0v) is 24.9. The number of hydrogen-bond acceptors (Lipinski definition) is 11. The topological polar surface area (TPSA) is 123 Å². The number of hydrogen-bond donors (Lipinski definition) is 1.